The highest BCUT2D eigenvalue weighted by Crippen LogP contribution is 2.41. The van der Waals surface area contributed by atoms with Crippen molar-refractivity contribution in [1.29, 1.82) is 0 Å². The molecule has 1 amide bonds. The third kappa shape index (κ3) is 4.19. The molecule has 2 fully saturated rings. The molecule has 0 spiro atoms. The normalized spacial score (nSPS) is 25.5. The molecule has 0 saturated heterocycles. The van der Waals surface area contributed by atoms with E-state index in [1.807, 2.05) is 6.92 Å². The number of thiazole rings is 1. The summed E-state index contributed by atoms with van der Waals surface area (Å²) in [6.07, 6.45) is 7.59. The summed E-state index contributed by atoms with van der Waals surface area (Å²) in [6.45, 7) is 2.65. The van der Waals surface area contributed by atoms with E-state index in [0.717, 1.165) is 42.8 Å². The number of halogens is 2. The Morgan fingerprint density at radius 2 is 2.04 bits per heavy atom. The highest BCUT2D eigenvalue weighted by Gasteiger charge is 2.42. The quantitative estimate of drug-likeness (QED) is 0.839. The first-order valence-corrected chi connectivity index (χ1v) is 8.97. The number of carbonyl (C=O) groups excluding carboxylic acids is 1. The van der Waals surface area contributed by atoms with Gasteiger partial charge in [-0.15, -0.1) is 36.2 Å². The molecular formula is C16H27Cl2N3OS. The van der Waals surface area contributed by atoms with Crippen molar-refractivity contribution < 1.29 is 4.79 Å². The number of aryl methyl sites for hydroxylation is 1. The molecule has 1 heterocycles. The van der Waals surface area contributed by atoms with E-state index in [4.69, 9.17) is 5.73 Å². The number of hydrogen-bond donors (Lipinski definition) is 2. The third-order valence-corrected chi connectivity index (χ3v) is 6.31. The van der Waals surface area contributed by atoms with Crippen molar-refractivity contribution in [3.8, 4) is 0 Å². The van der Waals surface area contributed by atoms with Crippen LogP contribution in [0.5, 0.6) is 0 Å². The Kier molecular flexibility index (Phi) is 7.78. The average molecular weight is 380 g/mol. The van der Waals surface area contributed by atoms with E-state index in [2.05, 4.69) is 15.7 Å². The molecule has 0 unspecified atom stereocenters. The van der Waals surface area contributed by atoms with Gasteiger partial charge in [0.1, 0.15) is 5.01 Å². The van der Waals surface area contributed by atoms with Crippen LogP contribution in [-0.2, 0) is 10.3 Å². The van der Waals surface area contributed by atoms with E-state index in [1.54, 1.807) is 11.3 Å². The van der Waals surface area contributed by atoms with E-state index >= 15 is 0 Å². The van der Waals surface area contributed by atoms with Gasteiger partial charge in [-0.2, -0.15) is 0 Å². The lowest BCUT2D eigenvalue weighted by Gasteiger charge is -2.30. The van der Waals surface area contributed by atoms with Crippen LogP contribution in [-0.4, -0.2) is 17.4 Å². The number of carbonyl (C=O) groups is 1. The molecule has 23 heavy (non-hydrogen) atoms. The summed E-state index contributed by atoms with van der Waals surface area (Å²) in [6, 6.07) is 0. The zero-order chi connectivity index (χ0) is 14.9. The molecule has 1 aromatic heterocycles. The molecule has 1 aromatic rings. The van der Waals surface area contributed by atoms with Crippen LogP contribution in [0.25, 0.3) is 0 Å². The summed E-state index contributed by atoms with van der Waals surface area (Å²) in [4.78, 5) is 17.4. The maximum atomic E-state index is 12.8. The van der Waals surface area contributed by atoms with Gasteiger partial charge in [-0.1, -0.05) is 19.3 Å². The topological polar surface area (TPSA) is 68.0 Å². The number of nitrogens with two attached hydrogens (primary N) is 1. The van der Waals surface area contributed by atoms with Crippen LogP contribution in [0.3, 0.4) is 0 Å². The Balaban J connectivity index is 0.00000132. The molecule has 2 aliphatic rings. The maximum Gasteiger partial charge on any atom is 0.224 e. The van der Waals surface area contributed by atoms with Gasteiger partial charge in [0, 0.05) is 17.0 Å². The minimum Gasteiger partial charge on any atom is -0.344 e. The van der Waals surface area contributed by atoms with E-state index in [0.29, 0.717) is 12.5 Å². The van der Waals surface area contributed by atoms with E-state index in [1.165, 1.54) is 12.8 Å². The monoisotopic (exact) mass is 379 g/mol. The third-order valence-electron chi connectivity index (χ3n) is 5.15. The molecule has 3 N–H and O–H groups in total. The van der Waals surface area contributed by atoms with Gasteiger partial charge < -0.3 is 11.1 Å². The van der Waals surface area contributed by atoms with Crippen LogP contribution in [0.2, 0.25) is 0 Å². The lowest BCUT2D eigenvalue weighted by atomic mass is 9.92. The van der Waals surface area contributed by atoms with E-state index in [-0.39, 0.29) is 42.2 Å². The first-order chi connectivity index (χ1) is 10.1. The van der Waals surface area contributed by atoms with Crippen molar-refractivity contribution in [2.45, 2.75) is 57.4 Å². The second-order valence-corrected chi connectivity index (χ2v) is 7.46. The van der Waals surface area contributed by atoms with Gasteiger partial charge in [0.25, 0.3) is 0 Å². The highest BCUT2D eigenvalue weighted by atomic mass is 35.5. The largest absolute Gasteiger partial charge is 0.344 e. The van der Waals surface area contributed by atoms with Crippen molar-refractivity contribution in [2.75, 3.05) is 6.54 Å². The minimum absolute atomic E-state index is 0. The van der Waals surface area contributed by atoms with Crippen molar-refractivity contribution in [3.63, 3.8) is 0 Å². The second-order valence-electron chi connectivity index (χ2n) is 6.61. The number of aromatic nitrogens is 1. The Labute approximate surface area is 154 Å². The fraction of sp³-hybridized carbons (Fsp3) is 0.750. The van der Waals surface area contributed by atoms with Gasteiger partial charge in [0.05, 0.1) is 5.54 Å². The van der Waals surface area contributed by atoms with Crippen LogP contribution >= 0.6 is 36.2 Å². The average Bonchev–Trinajstić information content (AvgIpc) is 3.17. The molecule has 0 aliphatic heterocycles. The Bertz CT molecular complexity index is 517. The molecule has 2 saturated carbocycles. The number of amides is 1. The molecule has 0 aromatic carbocycles. The van der Waals surface area contributed by atoms with Crippen molar-refractivity contribution in [3.05, 3.63) is 16.1 Å². The van der Waals surface area contributed by atoms with Crippen LogP contribution in [0.4, 0.5) is 0 Å². The van der Waals surface area contributed by atoms with Crippen molar-refractivity contribution in [1.82, 2.24) is 10.3 Å². The van der Waals surface area contributed by atoms with Gasteiger partial charge in [-0.05, 0) is 45.1 Å². The van der Waals surface area contributed by atoms with Crippen LogP contribution in [0, 0.1) is 18.8 Å². The number of rotatable bonds is 4. The van der Waals surface area contributed by atoms with E-state index in [9.17, 15) is 4.79 Å². The van der Waals surface area contributed by atoms with E-state index < -0.39 is 0 Å². The summed E-state index contributed by atoms with van der Waals surface area (Å²) >= 11 is 1.69. The van der Waals surface area contributed by atoms with Crippen LogP contribution < -0.4 is 11.1 Å². The van der Waals surface area contributed by atoms with Crippen LogP contribution in [0.15, 0.2) is 5.38 Å². The molecule has 4 nitrogen and oxygen atoms in total. The first-order valence-electron chi connectivity index (χ1n) is 8.09. The summed E-state index contributed by atoms with van der Waals surface area (Å²) < 4.78 is 0. The maximum absolute atomic E-state index is 12.8. The fourth-order valence-corrected chi connectivity index (χ4v) is 4.95. The predicted octanol–water partition coefficient (Wildman–Crippen LogP) is 3.56. The number of nitrogens with one attached hydrogen (secondary N) is 1. The molecule has 2 atom stereocenters. The molecular weight excluding hydrogens is 353 g/mol. The van der Waals surface area contributed by atoms with Crippen LogP contribution in [0.1, 0.15) is 55.6 Å². The van der Waals surface area contributed by atoms with Crippen molar-refractivity contribution in [2.24, 2.45) is 17.6 Å². The SMILES string of the molecule is Cc1csc(C2(NC(=O)[C@@H]3CCC[C@@H]3CN)CCCC2)n1.Cl.Cl. The molecule has 2 aliphatic carbocycles. The Hall–Kier alpha value is -0.360. The predicted molar refractivity (Wildman–Crippen MR) is 99.5 cm³/mol. The standard InChI is InChI=1S/C16H25N3OS.2ClH/c1-11-10-21-15(18-11)16(7-2-3-8-16)19-14(20)13-6-4-5-12(13)9-17;;/h10,12-13H,2-9,17H2,1H3,(H,19,20);2*1H/t12-,13-;;/m1../s1. The summed E-state index contributed by atoms with van der Waals surface area (Å²) in [5, 5.41) is 6.56. The smallest absolute Gasteiger partial charge is 0.224 e. The molecule has 0 bridgehead atoms. The zero-order valence-electron chi connectivity index (χ0n) is 13.5. The Morgan fingerprint density at radius 3 is 2.61 bits per heavy atom. The summed E-state index contributed by atoms with van der Waals surface area (Å²) in [7, 11) is 0. The zero-order valence-corrected chi connectivity index (χ0v) is 16.0. The van der Waals surface area contributed by atoms with Crippen molar-refractivity contribution >= 4 is 42.1 Å². The number of hydrogen-bond acceptors (Lipinski definition) is 4. The lowest BCUT2D eigenvalue weighted by Crippen LogP contribution is -2.47. The van der Waals surface area contributed by atoms with Gasteiger partial charge in [-0.25, -0.2) is 4.98 Å². The number of nitrogens with zero attached hydrogens (tertiary/aromatic N) is 1. The van der Waals surface area contributed by atoms with Gasteiger partial charge in [0.15, 0.2) is 0 Å². The van der Waals surface area contributed by atoms with Gasteiger partial charge >= 0.3 is 0 Å². The summed E-state index contributed by atoms with van der Waals surface area (Å²) in [5.41, 5.74) is 6.67. The molecule has 132 valence electrons. The highest BCUT2D eigenvalue weighted by molar-refractivity contribution is 7.09. The van der Waals surface area contributed by atoms with Gasteiger partial charge in [-0.3, -0.25) is 4.79 Å². The van der Waals surface area contributed by atoms with Gasteiger partial charge in [0.2, 0.25) is 5.91 Å². The second kappa shape index (κ2) is 8.65. The molecule has 3 rings (SSSR count). The Morgan fingerprint density at radius 1 is 1.35 bits per heavy atom. The summed E-state index contributed by atoms with van der Waals surface area (Å²) in [5.74, 6) is 0.674. The lowest BCUT2D eigenvalue weighted by molar-refractivity contribution is -0.128. The first kappa shape index (κ1) is 20.7. The fourth-order valence-electron chi connectivity index (χ4n) is 3.94. The molecule has 7 heteroatoms. The minimum atomic E-state index is -0.211. The molecule has 0 radical (unpaired) electrons.